The van der Waals surface area contributed by atoms with Crippen LogP contribution in [-0.2, 0) is 17.6 Å². The highest BCUT2D eigenvalue weighted by atomic mass is 19.1. The average molecular weight is 575 g/mol. The fourth-order valence-corrected chi connectivity index (χ4v) is 5.99. The molecule has 4 amide bonds. The summed E-state index contributed by atoms with van der Waals surface area (Å²) in [7, 11) is 1.36. The molecular weight excluding hydrogens is 542 g/mol. The lowest BCUT2D eigenvalue weighted by Gasteiger charge is -2.32. The van der Waals surface area contributed by atoms with Crippen LogP contribution in [0.2, 0.25) is 0 Å². The number of primary amides is 1. The SMILES string of the molecule is Cc1c(-c2c(F)cc(C(N)=O)c3[nH]c4c(c23)CCC(C(C)(C)O)C4)cccc1N(C=O)C(=O)N(C)c1ccccc1F. The van der Waals surface area contributed by atoms with Gasteiger partial charge in [-0.15, -0.1) is 0 Å². The Hall–Kier alpha value is -4.57. The first-order chi connectivity index (χ1) is 19.8. The Morgan fingerprint density at radius 1 is 1.10 bits per heavy atom. The minimum absolute atomic E-state index is 0.00507. The molecule has 10 heteroatoms. The van der Waals surface area contributed by atoms with Crippen molar-refractivity contribution in [1.29, 1.82) is 0 Å². The number of anilines is 2. The van der Waals surface area contributed by atoms with Gasteiger partial charge in [-0.25, -0.2) is 18.5 Å². The number of nitrogens with zero attached hydrogens (tertiary/aromatic N) is 2. The van der Waals surface area contributed by atoms with Crippen LogP contribution in [0.3, 0.4) is 0 Å². The third-order valence-corrected chi connectivity index (χ3v) is 8.33. The summed E-state index contributed by atoms with van der Waals surface area (Å²) in [5.74, 6) is -2.15. The fraction of sp³-hybridized carbons (Fsp3) is 0.281. The van der Waals surface area contributed by atoms with Crippen LogP contribution in [0.25, 0.3) is 22.0 Å². The zero-order valence-corrected chi connectivity index (χ0v) is 23.8. The molecule has 0 spiro atoms. The van der Waals surface area contributed by atoms with Crippen molar-refractivity contribution in [3.8, 4) is 11.1 Å². The molecule has 3 aromatic carbocycles. The maximum atomic E-state index is 16.0. The van der Waals surface area contributed by atoms with Gasteiger partial charge in [-0.2, -0.15) is 0 Å². The zero-order chi connectivity index (χ0) is 30.5. The topological polar surface area (TPSA) is 120 Å². The summed E-state index contributed by atoms with van der Waals surface area (Å²) in [4.78, 5) is 43.2. The Labute approximate surface area is 241 Å². The first kappa shape index (κ1) is 28.9. The van der Waals surface area contributed by atoms with E-state index in [0.717, 1.165) is 27.1 Å². The second-order valence-electron chi connectivity index (χ2n) is 11.3. The molecule has 0 bridgehead atoms. The first-order valence-corrected chi connectivity index (χ1v) is 13.6. The van der Waals surface area contributed by atoms with Gasteiger partial charge in [0.15, 0.2) is 0 Å². The number of nitrogens with one attached hydrogen (secondary N) is 1. The number of H-pyrrole nitrogens is 1. The van der Waals surface area contributed by atoms with Crippen LogP contribution in [0.15, 0.2) is 48.5 Å². The Balaban J connectivity index is 1.67. The van der Waals surface area contributed by atoms with Gasteiger partial charge in [-0.05, 0) is 86.9 Å². The molecule has 5 rings (SSSR count). The van der Waals surface area contributed by atoms with Crippen molar-refractivity contribution in [3.63, 3.8) is 0 Å². The van der Waals surface area contributed by atoms with Gasteiger partial charge in [0.2, 0.25) is 6.41 Å². The highest BCUT2D eigenvalue weighted by Gasteiger charge is 2.34. The van der Waals surface area contributed by atoms with Crippen LogP contribution >= 0.6 is 0 Å². The van der Waals surface area contributed by atoms with Crippen LogP contribution in [0.4, 0.5) is 25.0 Å². The van der Waals surface area contributed by atoms with Gasteiger partial charge in [-0.1, -0.05) is 24.3 Å². The number of halogens is 2. The second-order valence-corrected chi connectivity index (χ2v) is 11.3. The number of aliphatic hydroxyl groups is 1. The van der Waals surface area contributed by atoms with Crippen molar-refractivity contribution < 1.29 is 28.3 Å². The number of carbonyl (C=O) groups is 3. The summed E-state index contributed by atoms with van der Waals surface area (Å²) in [5.41, 5.74) is 7.95. The Morgan fingerprint density at radius 2 is 1.79 bits per heavy atom. The van der Waals surface area contributed by atoms with Crippen molar-refractivity contribution in [1.82, 2.24) is 4.98 Å². The molecule has 1 aliphatic carbocycles. The number of aromatic nitrogens is 1. The monoisotopic (exact) mass is 574 g/mol. The van der Waals surface area contributed by atoms with Gasteiger partial charge in [-0.3, -0.25) is 14.5 Å². The number of amides is 4. The highest BCUT2D eigenvalue weighted by Crippen LogP contribution is 2.44. The average Bonchev–Trinajstić information content (AvgIpc) is 3.32. The molecule has 0 aliphatic heterocycles. The van der Waals surface area contributed by atoms with E-state index in [1.54, 1.807) is 45.0 Å². The predicted octanol–water partition coefficient (Wildman–Crippen LogP) is 5.62. The van der Waals surface area contributed by atoms with E-state index in [9.17, 15) is 23.9 Å². The van der Waals surface area contributed by atoms with Crippen molar-refractivity contribution in [2.45, 2.75) is 45.6 Å². The minimum Gasteiger partial charge on any atom is -0.390 e. The number of fused-ring (bicyclic) bond motifs is 3. The van der Waals surface area contributed by atoms with Crippen LogP contribution in [0.1, 0.15) is 47.4 Å². The van der Waals surface area contributed by atoms with Crippen molar-refractivity contribution in [3.05, 3.63) is 82.5 Å². The summed E-state index contributed by atoms with van der Waals surface area (Å²) in [6, 6.07) is 10.8. The fourth-order valence-electron chi connectivity index (χ4n) is 5.99. The van der Waals surface area contributed by atoms with Gasteiger partial charge < -0.3 is 15.8 Å². The zero-order valence-electron chi connectivity index (χ0n) is 23.8. The number of hydrogen-bond donors (Lipinski definition) is 3. The molecule has 0 radical (unpaired) electrons. The van der Waals surface area contributed by atoms with E-state index in [-0.39, 0.29) is 28.4 Å². The van der Waals surface area contributed by atoms with Gasteiger partial charge in [0.05, 0.1) is 28.1 Å². The van der Waals surface area contributed by atoms with Gasteiger partial charge >= 0.3 is 6.03 Å². The van der Waals surface area contributed by atoms with Crippen LogP contribution in [-0.4, -0.2) is 41.1 Å². The van der Waals surface area contributed by atoms with Gasteiger partial charge in [0.25, 0.3) is 5.91 Å². The molecular formula is C32H32F2N4O4. The number of nitrogens with two attached hydrogens (primary N) is 1. The molecule has 4 N–H and O–H groups in total. The number of aromatic amines is 1. The smallest absolute Gasteiger partial charge is 0.335 e. The largest absolute Gasteiger partial charge is 0.390 e. The number of hydrogen-bond acceptors (Lipinski definition) is 4. The molecule has 1 aromatic heterocycles. The quantitative estimate of drug-likeness (QED) is 0.259. The van der Waals surface area contributed by atoms with Crippen molar-refractivity contribution in [2.75, 3.05) is 16.8 Å². The normalized spacial score (nSPS) is 14.9. The van der Waals surface area contributed by atoms with Crippen LogP contribution in [0.5, 0.6) is 0 Å². The van der Waals surface area contributed by atoms with Crippen molar-refractivity contribution in [2.24, 2.45) is 11.7 Å². The summed E-state index contributed by atoms with van der Waals surface area (Å²) in [6.07, 6.45) is 2.02. The van der Waals surface area contributed by atoms with E-state index in [0.29, 0.717) is 47.7 Å². The Kier molecular flexibility index (Phi) is 7.36. The van der Waals surface area contributed by atoms with E-state index >= 15 is 4.39 Å². The standard InChI is InChI=1S/C32H32F2N4O4/c1-17-19(8-7-11-25(17)38(16-39)31(41)37(4)26-10-6-5-9-22(26)33)27-23(34)15-21(30(35)40)29-28(27)20-13-12-18(32(2,3)42)14-24(20)36-29/h5-11,15-16,18,36,42H,12-14H2,1-4H3,(H2,35,40). The van der Waals surface area contributed by atoms with E-state index in [4.69, 9.17) is 5.73 Å². The summed E-state index contributed by atoms with van der Waals surface area (Å²) in [5, 5.41) is 11.1. The summed E-state index contributed by atoms with van der Waals surface area (Å²) < 4.78 is 30.4. The predicted molar refractivity (Wildman–Crippen MR) is 158 cm³/mol. The molecule has 1 aliphatic rings. The number of benzene rings is 3. The maximum Gasteiger partial charge on any atom is 0.335 e. The van der Waals surface area contributed by atoms with Crippen LogP contribution < -0.4 is 15.5 Å². The first-order valence-electron chi connectivity index (χ1n) is 13.6. The molecule has 4 aromatic rings. The third-order valence-electron chi connectivity index (χ3n) is 8.33. The molecule has 1 atom stereocenters. The van der Waals surface area contributed by atoms with Gasteiger partial charge in [0, 0.05) is 23.7 Å². The molecule has 42 heavy (non-hydrogen) atoms. The summed E-state index contributed by atoms with van der Waals surface area (Å²) >= 11 is 0. The molecule has 0 saturated heterocycles. The molecule has 0 fully saturated rings. The van der Waals surface area contributed by atoms with E-state index < -0.39 is 29.2 Å². The van der Waals surface area contributed by atoms with E-state index in [1.165, 1.54) is 25.2 Å². The van der Waals surface area contributed by atoms with E-state index in [1.807, 2.05) is 0 Å². The number of urea groups is 1. The lowest BCUT2D eigenvalue weighted by atomic mass is 9.77. The second kappa shape index (κ2) is 10.7. The van der Waals surface area contributed by atoms with Crippen LogP contribution in [0, 0.1) is 24.5 Å². The molecule has 8 nitrogen and oxygen atoms in total. The lowest BCUT2D eigenvalue weighted by Crippen LogP contribution is -2.41. The molecule has 1 unspecified atom stereocenters. The number of aryl methyl sites for hydroxylation is 1. The number of para-hydroxylation sites is 1. The Morgan fingerprint density at radius 3 is 2.43 bits per heavy atom. The molecule has 0 saturated carbocycles. The van der Waals surface area contributed by atoms with Gasteiger partial charge in [0.1, 0.15) is 11.6 Å². The maximum absolute atomic E-state index is 16.0. The number of rotatable bonds is 6. The van der Waals surface area contributed by atoms with E-state index in [2.05, 4.69) is 4.98 Å². The number of carbonyl (C=O) groups excluding carboxylic acids is 3. The highest BCUT2D eigenvalue weighted by molar-refractivity contribution is 6.15. The Bertz CT molecular complexity index is 1740. The third kappa shape index (κ3) is 4.81. The molecule has 1 heterocycles. The number of imide groups is 1. The minimum atomic E-state index is -0.929. The van der Waals surface area contributed by atoms with Crippen molar-refractivity contribution >= 4 is 40.6 Å². The summed E-state index contributed by atoms with van der Waals surface area (Å²) in [6.45, 7) is 5.17. The lowest BCUT2D eigenvalue weighted by molar-refractivity contribution is -0.106. The molecule has 218 valence electrons.